The van der Waals surface area contributed by atoms with Crippen molar-refractivity contribution in [2.24, 2.45) is 0 Å². The lowest BCUT2D eigenvalue weighted by Gasteiger charge is -2.35. The molecule has 2 saturated heterocycles. The van der Waals surface area contributed by atoms with Gasteiger partial charge in [-0.2, -0.15) is 15.2 Å². The van der Waals surface area contributed by atoms with Crippen molar-refractivity contribution < 1.29 is 4.79 Å². The van der Waals surface area contributed by atoms with E-state index in [1.807, 2.05) is 17.0 Å². The van der Waals surface area contributed by atoms with Crippen LogP contribution in [0, 0.1) is 11.3 Å². The molecule has 2 aliphatic heterocycles. The van der Waals surface area contributed by atoms with Gasteiger partial charge in [-0.15, -0.1) is 0 Å². The Labute approximate surface area is 204 Å². The molecular formula is C25H31N9O. The van der Waals surface area contributed by atoms with E-state index >= 15 is 0 Å². The van der Waals surface area contributed by atoms with Gasteiger partial charge in [0.25, 0.3) is 0 Å². The number of H-pyrrole nitrogens is 1. The lowest BCUT2D eigenvalue weighted by molar-refractivity contribution is -0.129. The van der Waals surface area contributed by atoms with Crippen molar-refractivity contribution in [3.8, 4) is 6.07 Å². The Bertz CT molecular complexity index is 1230. The molecule has 0 spiro atoms. The molecule has 0 aliphatic carbocycles. The SMILES string of the molecule is CC(=O)N1CCN(c2ccc(Nc3nc(N(C)C4CCNCC4)c4c(C#N)c[nH]c4n3)cc2)CC1. The first-order chi connectivity index (χ1) is 17.0. The smallest absolute Gasteiger partial charge is 0.231 e. The third-order valence-electron chi connectivity index (χ3n) is 7.04. The van der Waals surface area contributed by atoms with Crippen LogP contribution in [0.15, 0.2) is 30.5 Å². The van der Waals surface area contributed by atoms with Crippen LogP contribution in [-0.4, -0.2) is 78.1 Å². The maximum atomic E-state index is 11.6. The number of carbonyl (C=O) groups is 1. The second-order valence-electron chi connectivity index (χ2n) is 9.17. The molecule has 10 nitrogen and oxygen atoms in total. The highest BCUT2D eigenvalue weighted by Crippen LogP contribution is 2.31. The van der Waals surface area contributed by atoms with Crippen LogP contribution in [-0.2, 0) is 4.79 Å². The van der Waals surface area contributed by atoms with Crippen molar-refractivity contribution in [2.75, 3.05) is 61.4 Å². The number of aromatic nitrogens is 3. The van der Waals surface area contributed by atoms with Crippen molar-refractivity contribution in [3.63, 3.8) is 0 Å². The number of aromatic amines is 1. The van der Waals surface area contributed by atoms with Crippen LogP contribution in [0.2, 0.25) is 0 Å². The van der Waals surface area contributed by atoms with E-state index < -0.39 is 0 Å². The normalized spacial score (nSPS) is 16.8. The molecule has 0 radical (unpaired) electrons. The van der Waals surface area contributed by atoms with Crippen molar-refractivity contribution in [3.05, 3.63) is 36.0 Å². The van der Waals surface area contributed by atoms with E-state index in [1.165, 1.54) is 0 Å². The lowest BCUT2D eigenvalue weighted by atomic mass is 10.0. The predicted molar refractivity (Wildman–Crippen MR) is 137 cm³/mol. The Kier molecular flexibility index (Phi) is 6.42. The molecule has 5 rings (SSSR count). The number of hydrogen-bond acceptors (Lipinski definition) is 8. The first kappa shape index (κ1) is 22.9. The Hall–Kier alpha value is -3.84. The van der Waals surface area contributed by atoms with Crippen LogP contribution in [0.5, 0.6) is 0 Å². The van der Waals surface area contributed by atoms with Crippen molar-refractivity contribution in [1.29, 1.82) is 5.26 Å². The average molecular weight is 474 g/mol. The Morgan fingerprint density at radius 1 is 1.14 bits per heavy atom. The van der Waals surface area contributed by atoms with Crippen molar-refractivity contribution >= 4 is 40.1 Å². The second kappa shape index (κ2) is 9.80. The van der Waals surface area contributed by atoms with Gasteiger partial charge in [-0.25, -0.2) is 0 Å². The fourth-order valence-electron chi connectivity index (χ4n) is 4.94. The number of fused-ring (bicyclic) bond motifs is 1. The van der Waals surface area contributed by atoms with Crippen LogP contribution in [0.4, 0.5) is 23.1 Å². The maximum Gasteiger partial charge on any atom is 0.231 e. The second-order valence-corrected chi connectivity index (χ2v) is 9.17. The van der Waals surface area contributed by atoms with E-state index in [4.69, 9.17) is 4.98 Å². The van der Waals surface area contributed by atoms with E-state index in [9.17, 15) is 10.1 Å². The Morgan fingerprint density at radius 3 is 2.51 bits per heavy atom. The van der Waals surface area contributed by atoms with Crippen LogP contribution >= 0.6 is 0 Å². The first-order valence-electron chi connectivity index (χ1n) is 12.1. The zero-order valence-electron chi connectivity index (χ0n) is 20.2. The van der Waals surface area contributed by atoms with Gasteiger partial charge in [0.15, 0.2) is 0 Å². The van der Waals surface area contributed by atoms with E-state index in [0.717, 1.165) is 74.7 Å². The molecule has 35 heavy (non-hydrogen) atoms. The summed E-state index contributed by atoms with van der Waals surface area (Å²) < 4.78 is 0. The van der Waals surface area contributed by atoms with Gasteiger partial charge in [-0.3, -0.25) is 4.79 Å². The van der Waals surface area contributed by atoms with Crippen molar-refractivity contribution in [2.45, 2.75) is 25.8 Å². The fourth-order valence-corrected chi connectivity index (χ4v) is 4.94. The number of piperidine rings is 1. The number of carbonyl (C=O) groups excluding carboxylic acids is 1. The molecule has 0 bridgehead atoms. The summed E-state index contributed by atoms with van der Waals surface area (Å²) in [6.45, 7) is 6.72. The monoisotopic (exact) mass is 473 g/mol. The molecule has 0 atom stereocenters. The molecule has 0 saturated carbocycles. The molecule has 182 valence electrons. The van der Waals surface area contributed by atoms with Crippen LogP contribution in [0.1, 0.15) is 25.3 Å². The summed E-state index contributed by atoms with van der Waals surface area (Å²) >= 11 is 0. The summed E-state index contributed by atoms with van der Waals surface area (Å²) in [5, 5.41) is 17.1. The number of nitriles is 1. The van der Waals surface area contributed by atoms with Gasteiger partial charge >= 0.3 is 0 Å². The molecule has 1 aromatic carbocycles. The standard InChI is InChI=1S/C25H31N9O/c1-17(35)33-11-13-34(14-12-33)21-5-3-19(4-6-21)29-25-30-23-22(18(15-26)16-28-23)24(31-25)32(2)20-7-9-27-10-8-20/h3-6,16,20,27H,7-14H2,1-2H3,(H2,28,29,30,31). The largest absolute Gasteiger partial charge is 0.368 e. The van der Waals surface area contributed by atoms with Gasteiger partial charge in [0.2, 0.25) is 11.9 Å². The average Bonchev–Trinajstić information content (AvgIpc) is 3.32. The molecule has 3 aromatic rings. The van der Waals surface area contributed by atoms with E-state index in [2.05, 4.69) is 55.7 Å². The number of nitrogens with one attached hydrogen (secondary N) is 3. The van der Waals surface area contributed by atoms with E-state index in [-0.39, 0.29) is 5.91 Å². The molecular weight excluding hydrogens is 442 g/mol. The molecule has 2 aromatic heterocycles. The minimum atomic E-state index is 0.135. The third-order valence-corrected chi connectivity index (χ3v) is 7.04. The molecule has 10 heteroatoms. The van der Waals surface area contributed by atoms with Gasteiger partial charge in [-0.1, -0.05) is 0 Å². The van der Waals surface area contributed by atoms with Gasteiger partial charge < -0.3 is 30.3 Å². The number of rotatable bonds is 5. The molecule has 2 aliphatic rings. The number of hydrogen-bond donors (Lipinski definition) is 3. The highest BCUT2D eigenvalue weighted by molar-refractivity contribution is 5.94. The zero-order valence-corrected chi connectivity index (χ0v) is 20.2. The number of nitrogens with zero attached hydrogens (tertiary/aromatic N) is 6. The van der Waals surface area contributed by atoms with Crippen LogP contribution < -0.4 is 20.4 Å². The third kappa shape index (κ3) is 4.72. The molecule has 0 unspecified atom stereocenters. The minimum Gasteiger partial charge on any atom is -0.368 e. The van der Waals surface area contributed by atoms with Gasteiger partial charge in [0.1, 0.15) is 17.5 Å². The summed E-state index contributed by atoms with van der Waals surface area (Å²) in [6.07, 6.45) is 3.75. The molecule has 4 heterocycles. The predicted octanol–water partition coefficient (Wildman–Crippen LogP) is 2.43. The highest BCUT2D eigenvalue weighted by Gasteiger charge is 2.24. The van der Waals surface area contributed by atoms with Crippen LogP contribution in [0.3, 0.4) is 0 Å². The number of piperazine rings is 1. The summed E-state index contributed by atoms with van der Waals surface area (Å²) in [6, 6.07) is 10.8. The van der Waals surface area contributed by atoms with E-state index in [1.54, 1.807) is 13.1 Å². The van der Waals surface area contributed by atoms with Crippen LogP contribution in [0.25, 0.3) is 11.0 Å². The number of amides is 1. The van der Waals surface area contributed by atoms with Gasteiger partial charge in [-0.05, 0) is 50.2 Å². The Morgan fingerprint density at radius 2 is 1.86 bits per heavy atom. The minimum absolute atomic E-state index is 0.135. The first-order valence-corrected chi connectivity index (χ1v) is 12.1. The van der Waals surface area contributed by atoms with Gasteiger partial charge in [0, 0.05) is 63.8 Å². The molecule has 1 amide bonds. The zero-order chi connectivity index (χ0) is 24.4. The Balaban J connectivity index is 1.36. The number of anilines is 4. The molecule has 3 N–H and O–H groups in total. The quantitative estimate of drug-likeness (QED) is 0.517. The summed E-state index contributed by atoms with van der Waals surface area (Å²) in [7, 11) is 2.05. The van der Waals surface area contributed by atoms with Gasteiger partial charge in [0.05, 0.1) is 10.9 Å². The summed E-state index contributed by atoms with van der Waals surface area (Å²) in [4.78, 5) is 30.6. The summed E-state index contributed by atoms with van der Waals surface area (Å²) in [5.41, 5.74) is 3.22. The lowest BCUT2D eigenvalue weighted by Crippen LogP contribution is -2.48. The van der Waals surface area contributed by atoms with Crippen molar-refractivity contribution in [1.82, 2.24) is 25.2 Å². The highest BCUT2D eigenvalue weighted by atomic mass is 16.2. The molecule has 2 fully saturated rings. The fraction of sp³-hybridized carbons (Fsp3) is 0.440. The maximum absolute atomic E-state index is 11.6. The topological polar surface area (TPSA) is 116 Å². The summed E-state index contributed by atoms with van der Waals surface area (Å²) in [5.74, 6) is 1.39. The van der Waals surface area contributed by atoms with E-state index in [0.29, 0.717) is 23.2 Å². The number of benzene rings is 1.